The number of anilines is 3. The van der Waals surface area contributed by atoms with Gasteiger partial charge in [0, 0.05) is 17.1 Å². The van der Waals surface area contributed by atoms with Crippen molar-refractivity contribution in [3.8, 4) is 0 Å². The second kappa shape index (κ2) is 8.40. The Kier molecular flexibility index (Phi) is 5.75. The number of nitrogens with one attached hydrogen (secondary N) is 2. The highest BCUT2D eigenvalue weighted by molar-refractivity contribution is 6.32. The number of fused-ring (bicyclic) bond motifs is 1. The Morgan fingerprint density at radius 1 is 1.15 bits per heavy atom. The number of primary amides is 1. The maximum atomic E-state index is 12.9. The van der Waals surface area contributed by atoms with E-state index in [0.29, 0.717) is 22.0 Å². The summed E-state index contributed by atoms with van der Waals surface area (Å²) in [5.74, 6) is 0.344. The minimum atomic E-state index is -0.696. The van der Waals surface area contributed by atoms with Crippen LogP contribution in [0.1, 0.15) is 47.3 Å². The molecule has 0 aliphatic carbocycles. The van der Waals surface area contributed by atoms with Gasteiger partial charge in [0.25, 0.3) is 16.8 Å². The lowest BCUT2D eigenvalue weighted by molar-refractivity contribution is -0.118. The summed E-state index contributed by atoms with van der Waals surface area (Å²) in [5.41, 5.74) is 5.15. The molecule has 4 N–H and O–H groups in total. The lowest BCUT2D eigenvalue weighted by Crippen LogP contribution is -2.38. The first-order valence-electron chi connectivity index (χ1n) is 10.4. The fraction of sp³-hybridized carbons (Fsp3) is 0.304. The standard InChI is InChI=1S/C23H23ClN4O5/c1-10(2)18(15-7-4-11(3)33-15)27-20-19(21(30)22(20)31)26-14-6-5-13(24)12-8-28(9-16(25)29)23(32)17(12)14/h4-7,10,18,26-27H,8-9H2,1-3H3,(H2,25,29)/t18-/m1/s1. The zero-order valence-corrected chi connectivity index (χ0v) is 19.1. The van der Waals surface area contributed by atoms with Crippen molar-refractivity contribution in [2.75, 3.05) is 17.2 Å². The second-order valence-electron chi connectivity index (χ2n) is 8.42. The number of hydrogen-bond donors (Lipinski definition) is 3. The van der Waals surface area contributed by atoms with Gasteiger partial charge in [-0.1, -0.05) is 25.4 Å². The molecule has 1 aliphatic heterocycles. The first-order valence-corrected chi connectivity index (χ1v) is 10.8. The number of amides is 2. The van der Waals surface area contributed by atoms with E-state index in [1.54, 1.807) is 12.1 Å². The van der Waals surface area contributed by atoms with Gasteiger partial charge in [-0.2, -0.15) is 0 Å². The van der Waals surface area contributed by atoms with Crippen molar-refractivity contribution in [3.63, 3.8) is 0 Å². The van der Waals surface area contributed by atoms with Crippen LogP contribution in [0.5, 0.6) is 0 Å². The van der Waals surface area contributed by atoms with Crippen molar-refractivity contribution >= 4 is 40.5 Å². The van der Waals surface area contributed by atoms with E-state index < -0.39 is 22.7 Å². The van der Waals surface area contributed by atoms with Gasteiger partial charge in [0.15, 0.2) is 0 Å². The van der Waals surface area contributed by atoms with Gasteiger partial charge in [0.1, 0.15) is 22.9 Å². The number of aryl methyl sites for hydroxylation is 1. The van der Waals surface area contributed by atoms with Gasteiger partial charge in [-0.3, -0.25) is 19.2 Å². The molecule has 1 atom stereocenters. The first kappa shape index (κ1) is 22.6. The van der Waals surface area contributed by atoms with E-state index >= 15 is 0 Å². The van der Waals surface area contributed by atoms with Gasteiger partial charge < -0.3 is 25.7 Å². The third kappa shape index (κ3) is 4.00. The normalized spacial score (nSPS) is 14.1. The number of carbonyl (C=O) groups excluding carboxylic acids is 2. The Morgan fingerprint density at radius 3 is 2.45 bits per heavy atom. The molecular formula is C23H23ClN4O5. The van der Waals surface area contributed by atoms with Crippen molar-refractivity contribution in [2.24, 2.45) is 11.7 Å². The molecule has 0 fully saturated rings. The maximum absolute atomic E-state index is 12.9. The minimum absolute atomic E-state index is 0.0523. The molecule has 3 aromatic rings. The van der Waals surface area contributed by atoms with Crippen molar-refractivity contribution < 1.29 is 14.0 Å². The van der Waals surface area contributed by atoms with E-state index in [2.05, 4.69) is 10.6 Å². The maximum Gasteiger partial charge on any atom is 0.257 e. The highest BCUT2D eigenvalue weighted by Gasteiger charge is 2.34. The number of hydrogen-bond acceptors (Lipinski definition) is 7. The van der Waals surface area contributed by atoms with Gasteiger partial charge in [0.2, 0.25) is 5.91 Å². The Morgan fingerprint density at radius 2 is 1.85 bits per heavy atom. The van der Waals surface area contributed by atoms with E-state index in [9.17, 15) is 19.2 Å². The Labute approximate surface area is 194 Å². The Balaban J connectivity index is 1.67. The molecule has 2 heterocycles. The lowest BCUT2D eigenvalue weighted by atomic mass is 10.00. The van der Waals surface area contributed by atoms with Crippen LogP contribution in [-0.2, 0) is 11.3 Å². The van der Waals surface area contributed by atoms with Crippen LogP contribution >= 0.6 is 11.6 Å². The molecule has 10 heteroatoms. The number of nitrogens with zero attached hydrogens (tertiary/aromatic N) is 1. The zero-order valence-electron chi connectivity index (χ0n) is 18.3. The highest BCUT2D eigenvalue weighted by atomic mass is 35.5. The lowest BCUT2D eigenvalue weighted by Gasteiger charge is -2.24. The van der Waals surface area contributed by atoms with Gasteiger partial charge in [-0.15, -0.1) is 0 Å². The predicted molar refractivity (Wildman–Crippen MR) is 125 cm³/mol. The molecule has 0 unspecified atom stereocenters. The van der Waals surface area contributed by atoms with Crippen LogP contribution in [0.2, 0.25) is 5.02 Å². The summed E-state index contributed by atoms with van der Waals surface area (Å²) < 4.78 is 5.72. The number of halogens is 1. The number of benzene rings is 1. The fourth-order valence-corrected chi connectivity index (χ4v) is 4.20. The van der Waals surface area contributed by atoms with E-state index in [0.717, 1.165) is 5.76 Å². The summed E-state index contributed by atoms with van der Waals surface area (Å²) in [5, 5.41) is 6.42. The van der Waals surface area contributed by atoms with Crippen LogP contribution in [0.4, 0.5) is 17.1 Å². The molecule has 0 spiro atoms. The quantitative estimate of drug-likeness (QED) is 0.431. The monoisotopic (exact) mass is 470 g/mol. The van der Waals surface area contributed by atoms with E-state index in [4.69, 9.17) is 21.8 Å². The summed E-state index contributed by atoms with van der Waals surface area (Å²) in [7, 11) is 0. The third-order valence-electron chi connectivity index (χ3n) is 5.66. The van der Waals surface area contributed by atoms with Crippen LogP contribution in [-0.4, -0.2) is 23.3 Å². The van der Waals surface area contributed by atoms with E-state index in [-0.39, 0.29) is 42.0 Å². The van der Waals surface area contributed by atoms with Crippen LogP contribution < -0.4 is 27.2 Å². The summed E-state index contributed by atoms with van der Waals surface area (Å²) in [4.78, 5) is 50.3. The van der Waals surface area contributed by atoms with Crippen LogP contribution in [0, 0.1) is 12.8 Å². The van der Waals surface area contributed by atoms with Crippen LogP contribution in [0.25, 0.3) is 0 Å². The van der Waals surface area contributed by atoms with Crippen LogP contribution in [0.3, 0.4) is 0 Å². The summed E-state index contributed by atoms with van der Waals surface area (Å²) in [6.07, 6.45) is 0. The van der Waals surface area contributed by atoms with Gasteiger partial charge in [-0.05, 0) is 37.1 Å². The largest absolute Gasteiger partial charge is 0.464 e. The SMILES string of the molecule is Cc1ccc([C@H](Nc2c(Nc3ccc(Cl)c4c3C(=O)N(CC(N)=O)C4)c(=O)c2=O)C(C)C)o1. The molecule has 2 aromatic carbocycles. The van der Waals surface area contributed by atoms with E-state index in [1.165, 1.54) is 4.90 Å². The Hall–Kier alpha value is -3.59. The molecule has 1 aromatic heterocycles. The summed E-state index contributed by atoms with van der Waals surface area (Å²) in [6.45, 7) is 5.62. The molecule has 0 radical (unpaired) electrons. The molecule has 9 nitrogen and oxygen atoms in total. The van der Waals surface area contributed by atoms with E-state index in [1.807, 2.05) is 32.9 Å². The first-order chi connectivity index (χ1) is 15.6. The molecule has 33 heavy (non-hydrogen) atoms. The van der Waals surface area contributed by atoms with Crippen molar-refractivity contribution in [2.45, 2.75) is 33.4 Å². The molecule has 172 valence electrons. The molecule has 1 aliphatic rings. The number of furan rings is 1. The summed E-state index contributed by atoms with van der Waals surface area (Å²) in [6, 6.07) is 6.46. The molecule has 2 amide bonds. The third-order valence-corrected chi connectivity index (χ3v) is 6.01. The zero-order chi connectivity index (χ0) is 24.0. The van der Waals surface area contributed by atoms with Crippen molar-refractivity contribution in [1.82, 2.24) is 4.90 Å². The number of nitrogens with two attached hydrogens (primary N) is 1. The minimum Gasteiger partial charge on any atom is -0.464 e. The topological polar surface area (TPSA) is 135 Å². The van der Waals surface area contributed by atoms with Crippen LogP contribution in [0.15, 0.2) is 38.3 Å². The number of carbonyl (C=O) groups is 2. The highest BCUT2D eigenvalue weighted by Crippen LogP contribution is 2.37. The fourth-order valence-electron chi connectivity index (χ4n) is 3.99. The predicted octanol–water partition coefficient (Wildman–Crippen LogP) is 2.83. The second-order valence-corrected chi connectivity index (χ2v) is 8.83. The average molecular weight is 471 g/mol. The molecule has 4 rings (SSSR count). The smallest absolute Gasteiger partial charge is 0.257 e. The van der Waals surface area contributed by atoms with Gasteiger partial charge >= 0.3 is 0 Å². The molecular weight excluding hydrogens is 448 g/mol. The molecule has 0 saturated carbocycles. The summed E-state index contributed by atoms with van der Waals surface area (Å²) >= 11 is 6.27. The molecule has 0 bridgehead atoms. The van der Waals surface area contributed by atoms with Crippen molar-refractivity contribution in [3.05, 3.63) is 72.4 Å². The van der Waals surface area contributed by atoms with Gasteiger partial charge in [0.05, 0.1) is 23.8 Å². The van der Waals surface area contributed by atoms with Gasteiger partial charge in [-0.25, -0.2) is 0 Å². The number of rotatable bonds is 8. The van der Waals surface area contributed by atoms with Crippen molar-refractivity contribution in [1.29, 1.82) is 0 Å². The average Bonchev–Trinajstić information content (AvgIpc) is 3.32. The molecule has 0 saturated heterocycles. The Bertz CT molecular complexity index is 1340.